The summed E-state index contributed by atoms with van der Waals surface area (Å²) in [5.41, 5.74) is 0. The normalized spacial score (nSPS) is 15.4. The summed E-state index contributed by atoms with van der Waals surface area (Å²) in [4.78, 5) is 0.109. The molecule has 0 fully saturated rings. The minimum atomic E-state index is -3.69. The van der Waals surface area contributed by atoms with Crippen molar-refractivity contribution in [3.63, 3.8) is 0 Å². The predicted octanol–water partition coefficient (Wildman–Crippen LogP) is 1.96. The molecule has 0 aliphatic carbocycles. The molecule has 1 aromatic carbocycles. The Labute approximate surface area is 100 Å². The van der Waals surface area contributed by atoms with Gasteiger partial charge in [-0.1, -0.05) is 24.3 Å². The molecular formula is C11H13ClO3S. The second kappa shape index (κ2) is 5.48. The number of rotatable bonds is 5. The second-order valence-electron chi connectivity index (χ2n) is 3.30. The molecule has 0 aliphatic heterocycles. The first-order valence-electron chi connectivity index (χ1n) is 4.72. The zero-order chi connectivity index (χ0) is 12.2. The van der Waals surface area contributed by atoms with Gasteiger partial charge in [-0.2, -0.15) is 0 Å². The van der Waals surface area contributed by atoms with Crippen LogP contribution in [-0.2, 0) is 9.84 Å². The van der Waals surface area contributed by atoms with Gasteiger partial charge in [0.05, 0.1) is 11.0 Å². The Bertz CT molecular complexity index is 442. The van der Waals surface area contributed by atoms with Crippen LogP contribution < -0.4 is 0 Å². The summed E-state index contributed by atoms with van der Waals surface area (Å²) in [7, 11) is -3.69. The van der Waals surface area contributed by atoms with Gasteiger partial charge in [0.15, 0.2) is 14.5 Å². The van der Waals surface area contributed by atoms with Crippen LogP contribution in [0.5, 0.6) is 0 Å². The third-order valence-corrected chi connectivity index (χ3v) is 4.91. The number of sulfone groups is 1. The first kappa shape index (κ1) is 13.2. The van der Waals surface area contributed by atoms with Crippen LogP contribution >= 0.6 is 11.6 Å². The molecule has 0 aliphatic rings. The monoisotopic (exact) mass is 260 g/mol. The van der Waals surface area contributed by atoms with Crippen LogP contribution in [0.3, 0.4) is 0 Å². The van der Waals surface area contributed by atoms with Crippen molar-refractivity contribution < 1.29 is 13.5 Å². The molecule has 1 rings (SSSR count). The largest absolute Gasteiger partial charge is 0.390 e. The van der Waals surface area contributed by atoms with E-state index in [2.05, 4.69) is 6.58 Å². The van der Waals surface area contributed by atoms with E-state index in [4.69, 9.17) is 11.6 Å². The number of aliphatic hydroxyl groups is 1. The van der Waals surface area contributed by atoms with E-state index >= 15 is 0 Å². The van der Waals surface area contributed by atoms with Gasteiger partial charge in [-0.15, -0.1) is 18.2 Å². The number of aliphatic hydroxyl groups excluding tert-OH is 1. The molecule has 5 heteroatoms. The van der Waals surface area contributed by atoms with Crippen molar-refractivity contribution in [2.45, 2.75) is 22.1 Å². The van der Waals surface area contributed by atoms with Crippen LogP contribution in [0, 0.1) is 0 Å². The molecule has 0 saturated carbocycles. The van der Waals surface area contributed by atoms with Gasteiger partial charge < -0.3 is 5.11 Å². The van der Waals surface area contributed by atoms with Crippen molar-refractivity contribution in [2.75, 3.05) is 0 Å². The summed E-state index contributed by atoms with van der Waals surface area (Å²) in [5, 5.41) is 9.53. The van der Waals surface area contributed by atoms with Crippen molar-refractivity contribution in [3.8, 4) is 0 Å². The first-order valence-corrected chi connectivity index (χ1v) is 6.70. The van der Waals surface area contributed by atoms with Crippen molar-refractivity contribution >= 4 is 21.4 Å². The molecule has 0 amide bonds. The third kappa shape index (κ3) is 2.84. The number of hydrogen-bond donors (Lipinski definition) is 1. The fourth-order valence-electron chi connectivity index (χ4n) is 1.22. The summed E-state index contributed by atoms with van der Waals surface area (Å²) in [6, 6.07) is 7.83. The van der Waals surface area contributed by atoms with E-state index in [-0.39, 0.29) is 11.3 Å². The molecular weight excluding hydrogens is 248 g/mol. The van der Waals surface area contributed by atoms with Crippen molar-refractivity contribution in [2.24, 2.45) is 0 Å². The van der Waals surface area contributed by atoms with Gasteiger partial charge in [0.25, 0.3) is 0 Å². The van der Waals surface area contributed by atoms with E-state index in [0.717, 1.165) is 0 Å². The Hall–Kier alpha value is -0.840. The summed E-state index contributed by atoms with van der Waals surface area (Å²) >= 11 is 5.75. The average Bonchev–Trinajstić information content (AvgIpc) is 2.29. The van der Waals surface area contributed by atoms with Gasteiger partial charge in [0.2, 0.25) is 0 Å². The van der Waals surface area contributed by atoms with Crippen LogP contribution in [0.1, 0.15) is 6.42 Å². The molecule has 0 radical (unpaired) electrons. The minimum absolute atomic E-state index is 0.109. The fourth-order valence-corrected chi connectivity index (χ4v) is 2.96. The van der Waals surface area contributed by atoms with Gasteiger partial charge in [0.1, 0.15) is 0 Å². The molecule has 0 bridgehead atoms. The maximum absolute atomic E-state index is 11.9. The maximum atomic E-state index is 11.9. The molecule has 0 saturated heterocycles. The lowest BCUT2D eigenvalue weighted by molar-refractivity contribution is 0.191. The first-order chi connectivity index (χ1) is 7.50. The van der Waals surface area contributed by atoms with Gasteiger partial charge in [0, 0.05) is 0 Å². The Morgan fingerprint density at radius 2 is 1.94 bits per heavy atom. The highest BCUT2D eigenvalue weighted by Gasteiger charge is 2.30. The van der Waals surface area contributed by atoms with E-state index in [0.29, 0.717) is 0 Å². The van der Waals surface area contributed by atoms with Crippen LogP contribution in [0.15, 0.2) is 47.9 Å². The molecule has 2 unspecified atom stereocenters. The summed E-state index contributed by atoms with van der Waals surface area (Å²) in [6.07, 6.45) is 0.421. The van der Waals surface area contributed by atoms with Crippen molar-refractivity contribution in [1.82, 2.24) is 0 Å². The lowest BCUT2D eigenvalue weighted by Gasteiger charge is -2.15. The van der Waals surface area contributed by atoms with E-state index in [9.17, 15) is 13.5 Å². The van der Waals surface area contributed by atoms with Crippen LogP contribution in [0.25, 0.3) is 0 Å². The lowest BCUT2D eigenvalue weighted by Crippen LogP contribution is -2.28. The number of halogens is 1. The van der Waals surface area contributed by atoms with Gasteiger partial charge in [-0.25, -0.2) is 8.42 Å². The van der Waals surface area contributed by atoms with Crippen LogP contribution in [0.4, 0.5) is 0 Å². The highest BCUT2D eigenvalue weighted by atomic mass is 35.5. The molecule has 3 nitrogen and oxygen atoms in total. The summed E-state index contributed by atoms with van der Waals surface area (Å²) in [6.45, 7) is 3.42. The number of benzene rings is 1. The zero-order valence-corrected chi connectivity index (χ0v) is 10.2. The molecule has 16 heavy (non-hydrogen) atoms. The smallest absolute Gasteiger partial charge is 0.197 e. The van der Waals surface area contributed by atoms with Crippen LogP contribution in [0.2, 0.25) is 0 Å². The average molecular weight is 261 g/mol. The SMILES string of the molecule is C=CCC(O)C(Cl)S(=O)(=O)c1ccccc1. The quantitative estimate of drug-likeness (QED) is 0.650. The fraction of sp³-hybridized carbons (Fsp3) is 0.273. The Morgan fingerprint density at radius 3 is 2.44 bits per heavy atom. The van der Waals surface area contributed by atoms with Gasteiger partial charge in [-0.3, -0.25) is 0 Å². The zero-order valence-electron chi connectivity index (χ0n) is 8.58. The molecule has 1 aromatic rings. The molecule has 88 valence electrons. The highest BCUT2D eigenvalue weighted by Crippen LogP contribution is 2.22. The van der Waals surface area contributed by atoms with E-state index in [1.807, 2.05) is 0 Å². The van der Waals surface area contributed by atoms with E-state index in [1.165, 1.54) is 18.2 Å². The topological polar surface area (TPSA) is 54.4 Å². The second-order valence-corrected chi connectivity index (χ2v) is 6.10. The predicted molar refractivity (Wildman–Crippen MR) is 64.1 cm³/mol. The third-order valence-electron chi connectivity index (χ3n) is 2.08. The Morgan fingerprint density at radius 1 is 1.38 bits per heavy atom. The standard InChI is InChI=1S/C11H13ClO3S/c1-2-6-10(13)11(12)16(14,15)9-7-4-3-5-8-9/h2-5,7-8,10-11,13H,1,6H2. The summed E-state index contributed by atoms with van der Waals surface area (Å²) in [5.74, 6) is 0. The number of hydrogen-bond acceptors (Lipinski definition) is 3. The maximum Gasteiger partial charge on any atom is 0.197 e. The molecule has 0 heterocycles. The summed E-state index contributed by atoms with van der Waals surface area (Å²) < 4.78 is 22.5. The van der Waals surface area contributed by atoms with Gasteiger partial charge in [-0.05, 0) is 18.6 Å². The number of alkyl halides is 1. The van der Waals surface area contributed by atoms with Crippen molar-refractivity contribution in [3.05, 3.63) is 43.0 Å². The van der Waals surface area contributed by atoms with E-state index < -0.39 is 20.7 Å². The molecule has 0 aromatic heterocycles. The lowest BCUT2D eigenvalue weighted by atomic mass is 10.3. The minimum Gasteiger partial charge on any atom is -0.390 e. The van der Waals surface area contributed by atoms with Crippen LogP contribution in [-0.4, -0.2) is 24.3 Å². The highest BCUT2D eigenvalue weighted by molar-refractivity contribution is 7.93. The van der Waals surface area contributed by atoms with Gasteiger partial charge >= 0.3 is 0 Å². The molecule has 2 atom stereocenters. The van der Waals surface area contributed by atoms with E-state index in [1.54, 1.807) is 18.2 Å². The molecule has 1 N–H and O–H groups in total. The Balaban J connectivity index is 2.99. The molecule has 0 spiro atoms. The van der Waals surface area contributed by atoms with Crippen molar-refractivity contribution in [1.29, 1.82) is 0 Å². The Kier molecular flexibility index (Phi) is 4.53.